The fraction of sp³-hybridized carbons (Fsp3) is 0.959. The van der Waals surface area contributed by atoms with E-state index >= 15 is 0 Å². The standard InChI is InChI=1S/C49H94O10/c1-3-5-7-9-11-13-15-16-17-18-19-20-21-22-23-24-25-26-28-30-32-34-36-38-45(52)58-42(41-57-49-48(55)47(54)46(53)43(39-50)59-49)40-56-44(51)37-35-33-31-29-27-14-12-10-8-6-4-2/h42-43,46-50,53-55H,3-41H2,1-2H3. The number of carbonyl (C=O) groups is 2. The normalized spacial score (nSPS) is 19.9. The molecule has 1 rings (SSSR count). The lowest BCUT2D eigenvalue weighted by Gasteiger charge is -2.39. The van der Waals surface area contributed by atoms with Crippen LogP contribution in [0.4, 0.5) is 0 Å². The van der Waals surface area contributed by atoms with Gasteiger partial charge in [-0.05, 0) is 12.8 Å². The molecule has 1 aliphatic rings. The number of ether oxygens (including phenoxy) is 4. The molecule has 4 N–H and O–H groups in total. The summed E-state index contributed by atoms with van der Waals surface area (Å²) >= 11 is 0. The molecule has 10 heteroatoms. The van der Waals surface area contributed by atoms with Crippen molar-refractivity contribution in [1.82, 2.24) is 0 Å². The predicted octanol–water partition coefficient (Wildman–Crippen LogP) is 11.3. The van der Waals surface area contributed by atoms with E-state index in [2.05, 4.69) is 13.8 Å². The Kier molecular flexibility index (Phi) is 38.5. The average molecular weight is 843 g/mol. The first-order valence-corrected chi connectivity index (χ1v) is 25.1. The minimum Gasteiger partial charge on any atom is -0.462 e. The van der Waals surface area contributed by atoms with Gasteiger partial charge in [-0.15, -0.1) is 0 Å². The number of rotatable bonds is 43. The van der Waals surface area contributed by atoms with Gasteiger partial charge in [-0.3, -0.25) is 9.59 Å². The number of hydrogen-bond donors (Lipinski definition) is 4. The number of unbranched alkanes of at least 4 members (excludes halogenated alkanes) is 32. The third-order valence-corrected chi connectivity index (χ3v) is 12.0. The fourth-order valence-electron chi connectivity index (χ4n) is 8.01. The summed E-state index contributed by atoms with van der Waals surface area (Å²) in [6.45, 7) is 3.46. The molecule has 0 aliphatic carbocycles. The van der Waals surface area contributed by atoms with Gasteiger partial charge in [-0.1, -0.05) is 219 Å². The molecule has 1 aliphatic heterocycles. The van der Waals surface area contributed by atoms with Crippen LogP contribution in [0.15, 0.2) is 0 Å². The lowest BCUT2D eigenvalue weighted by atomic mass is 9.99. The highest BCUT2D eigenvalue weighted by Crippen LogP contribution is 2.23. The Morgan fingerprint density at radius 1 is 0.458 bits per heavy atom. The lowest BCUT2D eigenvalue weighted by molar-refractivity contribution is -0.305. The molecule has 0 aromatic heterocycles. The summed E-state index contributed by atoms with van der Waals surface area (Å²) in [5.41, 5.74) is 0. The maximum absolute atomic E-state index is 12.8. The van der Waals surface area contributed by atoms with E-state index < -0.39 is 49.4 Å². The maximum atomic E-state index is 12.8. The zero-order valence-corrected chi connectivity index (χ0v) is 38.3. The fourth-order valence-corrected chi connectivity index (χ4v) is 8.01. The number of aliphatic hydroxyl groups excluding tert-OH is 4. The van der Waals surface area contributed by atoms with Crippen LogP contribution in [0.25, 0.3) is 0 Å². The highest BCUT2D eigenvalue weighted by molar-refractivity contribution is 5.70. The molecular formula is C49H94O10. The largest absolute Gasteiger partial charge is 0.462 e. The van der Waals surface area contributed by atoms with Crippen molar-refractivity contribution in [3.63, 3.8) is 0 Å². The topological polar surface area (TPSA) is 152 Å². The van der Waals surface area contributed by atoms with Crippen LogP contribution < -0.4 is 0 Å². The van der Waals surface area contributed by atoms with Crippen LogP contribution in [0.5, 0.6) is 0 Å². The molecule has 6 unspecified atom stereocenters. The Morgan fingerprint density at radius 3 is 1.15 bits per heavy atom. The van der Waals surface area contributed by atoms with Crippen molar-refractivity contribution in [2.45, 2.75) is 282 Å². The van der Waals surface area contributed by atoms with Crippen molar-refractivity contribution in [1.29, 1.82) is 0 Å². The second kappa shape index (κ2) is 40.8. The molecule has 0 radical (unpaired) electrons. The minimum atomic E-state index is -1.59. The first kappa shape index (κ1) is 55.7. The van der Waals surface area contributed by atoms with E-state index in [0.717, 1.165) is 32.1 Å². The van der Waals surface area contributed by atoms with Gasteiger partial charge in [-0.2, -0.15) is 0 Å². The van der Waals surface area contributed by atoms with Crippen LogP contribution in [0.2, 0.25) is 0 Å². The number of esters is 2. The quantitative estimate of drug-likeness (QED) is 0.0345. The second-order valence-electron chi connectivity index (χ2n) is 17.6. The van der Waals surface area contributed by atoms with Crippen LogP contribution in [0, 0.1) is 0 Å². The van der Waals surface area contributed by atoms with Crippen LogP contribution >= 0.6 is 0 Å². The third kappa shape index (κ3) is 32.1. The van der Waals surface area contributed by atoms with Crippen LogP contribution in [0.3, 0.4) is 0 Å². The van der Waals surface area contributed by atoms with Gasteiger partial charge >= 0.3 is 11.9 Å². The van der Waals surface area contributed by atoms with Gasteiger partial charge in [0, 0.05) is 12.8 Å². The van der Waals surface area contributed by atoms with Crippen molar-refractivity contribution in [2.75, 3.05) is 19.8 Å². The third-order valence-electron chi connectivity index (χ3n) is 12.0. The molecule has 59 heavy (non-hydrogen) atoms. The zero-order chi connectivity index (χ0) is 43.0. The summed E-state index contributed by atoms with van der Waals surface area (Å²) in [4.78, 5) is 25.3. The van der Waals surface area contributed by atoms with E-state index in [4.69, 9.17) is 18.9 Å². The molecule has 0 saturated carbocycles. The molecule has 1 saturated heterocycles. The number of hydrogen-bond acceptors (Lipinski definition) is 10. The summed E-state index contributed by atoms with van der Waals surface area (Å²) in [7, 11) is 0. The van der Waals surface area contributed by atoms with Crippen LogP contribution in [-0.2, 0) is 28.5 Å². The molecule has 0 bridgehead atoms. The van der Waals surface area contributed by atoms with Gasteiger partial charge in [0.15, 0.2) is 12.4 Å². The van der Waals surface area contributed by atoms with Crippen molar-refractivity contribution in [3.05, 3.63) is 0 Å². The van der Waals surface area contributed by atoms with Gasteiger partial charge in [0.25, 0.3) is 0 Å². The monoisotopic (exact) mass is 843 g/mol. The van der Waals surface area contributed by atoms with Crippen LogP contribution in [0.1, 0.15) is 245 Å². The van der Waals surface area contributed by atoms with E-state index in [-0.39, 0.29) is 32.0 Å². The Morgan fingerprint density at radius 2 is 0.797 bits per heavy atom. The predicted molar refractivity (Wildman–Crippen MR) is 238 cm³/mol. The first-order chi connectivity index (χ1) is 28.8. The Hall–Kier alpha value is -1.30. The van der Waals surface area contributed by atoms with E-state index in [1.807, 2.05) is 0 Å². The summed E-state index contributed by atoms with van der Waals surface area (Å²) < 4.78 is 22.2. The lowest BCUT2D eigenvalue weighted by Crippen LogP contribution is -2.59. The SMILES string of the molecule is CCCCCCCCCCCCCCCCCCCCCCCCCC(=O)OC(COC(=O)CCCCCCCCCCCCC)COC1OC(CO)C(O)C(O)C1O. The average Bonchev–Trinajstić information content (AvgIpc) is 3.23. The molecule has 0 aromatic carbocycles. The smallest absolute Gasteiger partial charge is 0.306 e. The Labute approximate surface area is 361 Å². The first-order valence-electron chi connectivity index (χ1n) is 25.1. The summed E-state index contributed by atoms with van der Waals surface area (Å²) in [6, 6.07) is 0. The zero-order valence-electron chi connectivity index (χ0n) is 38.3. The second-order valence-corrected chi connectivity index (χ2v) is 17.6. The molecule has 6 atom stereocenters. The van der Waals surface area contributed by atoms with E-state index in [9.17, 15) is 30.0 Å². The molecule has 0 amide bonds. The summed E-state index contributed by atoms with van der Waals surface area (Å²) in [5, 5.41) is 40.1. The molecule has 0 spiro atoms. The van der Waals surface area contributed by atoms with Crippen molar-refractivity contribution in [3.8, 4) is 0 Å². The van der Waals surface area contributed by atoms with E-state index in [0.29, 0.717) is 6.42 Å². The number of carbonyl (C=O) groups excluding carboxylic acids is 2. The van der Waals surface area contributed by atoms with Gasteiger partial charge in [0.1, 0.15) is 31.0 Å². The van der Waals surface area contributed by atoms with E-state index in [1.54, 1.807) is 0 Å². The van der Waals surface area contributed by atoms with Gasteiger partial charge in [-0.25, -0.2) is 0 Å². The molecule has 0 aromatic rings. The van der Waals surface area contributed by atoms with Gasteiger partial charge in [0.2, 0.25) is 0 Å². The van der Waals surface area contributed by atoms with Gasteiger partial charge < -0.3 is 39.4 Å². The molecule has 1 heterocycles. The molecule has 1 fully saturated rings. The summed E-state index contributed by atoms with van der Waals surface area (Å²) in [6.07, 6.45) is 35.5. The van der Waals surface area contributed by atoms with Crippen LogP contribution in [-0.4, -0.2) is 89.0 Å². The Balaban J connectivity index is 2.20. The maximum Gasteiger partial charge on any atom is 0.306 e. The molecule has 10 nitrogen and oxygen atoms in total. The molecule has 350 valence electrons. The molecular weight excluding hydrogens is 749 g/mol. The minimum absolute atomic E-state index is 0.209. The Bertz CT molecular complexity index is 932. The van der Waals surface area contributed by atoms with Crippen molar-refractivity contribution >= 4 is 11.9 Å². The highest BCUT2D eigenvalue weighted by atomic mass is 16.7. The van der Waals surface area contributed by atoms with Crippen molar-refractivity contribution in [2.24, 2.45) is 0 Å². The van der Waals surface area contributed by atoms with E-state index in [1.165, 1.54) is 180 Å². The van der Waals surface area contributed by atoms with Gasteiger partial charge in [0.05, 0.1) is 13.2 Å². The highest BCUT2D eigenvalue weighted by Gasteiger charge is 2.44. The van der Waals surface area contributed by atoms with Crippen molar-refractivity contribution < 1.29 is 49.0 Å². The summed E-state index contributed by atoms with van der Waals surface area (Å²) in [5.74, 6) is -0.790. The number of aliphatic hydroxyl groups is 4.